The number of hydrogen-bond acceptors (Lipinski definition) is 5. The van der Waals surface area contributed by atoms with E-state index in [4.69, 9.17) is 4.74 Å². The van der Waals surface area contributed by atoms with Gasteiger partial charge in [-0.15, -0.1) is 11.3 Å². The number of rotatable bonds is 6. The van der Waals surface area contributed by atoms with Crippen molar-refractivity contribution in [3.8, 4) is 11.3 Å². The van der Waals surface area contributed by atoms with Crippen molar-refractivity contribution in [2.24, 2.45) is 0 Å². The summed E-state index contributed by atoms with van der Waals surface area (Å²) in [4.78, 5) is 30.6. The van der Waals surface area contributed by atoms with E-state index >= 15 is 0 Å². The maximum atomic E-state index is 13.0. The summed E-state index contributed by atoms with van der Waals surface area (Å²) < 4.78 is 5.71. The summed E-state index contributed by atoms with van der Waals surface area (Å²) in [5.74, 6) is -0.825. The third kappa shape index (κ3) is 4.12. The predicted octanol–water partition coefficient (Wildman–Crippen LogP) is 4.30. The number of benzene rings is 2. The average Bonchev–Trinajstić information content (AvgIpc) is 3.45. The molecule has 1 amide bonds. The Balaban J connectivity index is 1.62. The number of nitrogens with zero attached hydrogens (tertiary/aromatic N) is 1. The molecule has 0 aliphatic heterocycles. The van der Waals surface area contributed by atoms with Gasteiger partial charge in [0, 0.05) is 17.2 Å². The average molecular weight is 392 g/mol. The molecule has 1 aromatic heterocycles. The second kappa shape index (κ2) is 7.94. The van der Waals surface area contributed by atoms with Crippen LogP contribution in [-0.4, -0.2) is 22.9 Å². The zero-order valence-electron chi connectivity index (χ0n) is 15.4. The number of nitrogens with one attached hydrogen (secondary N) is 1. The molecule has 28 heavy (non-hydrogen) atoms. The molecule has 142 valence electrons. The van der Waals surface area contributed by atoms with E-state index in [1.54, 1.807) is 12.1 Å². The first kappa shape index (κ1) is 18.4. The van der Waals surface area contributed by atoms with Crippen molar-refractivity contribution < 1.29 is 14.3 Å². The Kier molecular flexibility index (Phi) is 5.21. The SMILES string of the molecule is Cc1nc(-c2ccccc2)c(C(=O)O[C@H](C(=O)NC2CC2)c2ccccc2)s1. The molecule has 6 heteroatoms. The van der Waals surface area contributed by atoms with Crippen LogP contribution in [0.25, 0.3) is 11.3 Å². The first-order valence-corrected chi connectivity index (χ1v) is 10.0. The summed E-state index contributed by atoms with van der Waals surface area (Å²) in [5.41, 5.74) is 2.08. The quantitative estimate of drug-likeness (QED) is 0.635. The Bertz CT molecular complexity index is 982. The highest BCUT2D eigenvalue weighted by molar-refractivity contribution is 7.14. The molecule has 0 spiro atoms. The van der Waals surface area contributed by atoms with Gasteiger partial charge < -0.3 is 10.1 Å². The standard InChI is InChI=1S/C22H20N2O3S/c1-14-23-18(15-8-4-2-5-9-15)20(28-14)22(26)27-19(16-10-6-3-7-11-16)21(25)24-17-12-13-17/h2-11,17,19H,12-13H2,1H3,(H,24,25)/t19-/m0/s1. The number of aryl methyl sites for hydroxylation is 1. The number of ether oxygens (including phenoxy) is 1. The lowest BCUT2D eigenvalue weighted by atomic mass is 10.1. The van der Waals surface area contributed by atoms with Crippen LogP contribution in [-0.2, 0) is 9.53 Å². The lowest BCUT2D eigenvalue weighted by molar-refractivity contribution is -0.130. The van der Waals surface area contributed by atoms with Crippen LogP contribution < -0.4 is 5.32 Å². The second-order valence-corrected chi connectivity index (χ2v) is 7.96. The van der Waals surface area contributed by atoms with Crippen LogP contribution in [0.1, 0.15) is 39.2 Å². The molecule has 0 radical (unpaired) electrons. The van der Waals surface area contributed by atoms with Gasteiger partial charge in [-0.05, 0) is 19.8 Å². The number of hydrogen-bond donors (Lipinski definition) is 1. The highest BCUT2D eigenvalue weighted by atomic mass is 32.1. The lowest BCUT2D eigenvalue weighted by Gasteiger charge is -2.18. The summed E-state index contributed by atoms with van der Waals surface area (Å²) >= 11 is 1.28. The van der Waals surface area contributed by atoms with Gasteiger partial charge in [0.2, 0.25) is 6.10 Å². The largest absolute Gasteiger partial charge is 0.443 e. The molecule has 0 saturated heterocycles. The van der Waals surface area contributed by atoms with Gasteiger partial charge in [0.1, 0.15) is 4.88 Å². The summed E-state index contributed by atoms with van der Waals surface area (Å²) in [5, 5.41) is 3.70. The summed E-state index contributed by atoms with van der Waals surface area (Å²) in [6.07, 6.45) is 0.946. The number of esters is 1. The zero-order valence-corrected chi connectivity index (χ0v) is 16.2. The van der Waals surface area contributed by atoms with Gasteiger partial charge in [0.25, 0.3) is 5.91 Å². The maximum absolute atomic E-state index is 13.0. The molecule has 1 aliphatic carbocycles. The van der Waals surface area contributed by atoms with Gasteiger partial charge >= 0.3 is 5.97 Å². The molecule has 1 N–H and O–H groups in total. The zero-order chi connectivity index (χ0) is 19.5. The van der Waals surface area contributed by atoms with Crippen molar-refractivity contribution in [2.45, 2.75) is 31.9 Å². The van der Waals surface area contributed by atoms with Crippen molar-refractivity contribution in [2.75, 3.05) is 0 Å². The minimum Gasteiger partial charge on any atom is -0.443 e. The fraction of sp³-hybridized carbons (Fsp3) is 0.227. The van der Waals surface area contributed by atoms with Crippen molar-refractivity contribution in [1.29, 1.82) is 0 Å². The minimum absolute atomic E-state index is 0.183. The van der Waals surface area contributed by atoms with Crippen LogP contribution >= 0.6 is 11.3 Å². The minimum atomic E-state index is -0.986. The number of amides is 1. The third-order valence-corrected chi connectivity index (χ3v) is 5.41. The Morgan fingerprint density at radius 3 is 2.36 bits per heavy atom. The normalized spacial score (nSPS) is 14.3. The predicted molar refractivity (Wildman–Crippen MR) is 108 cm³/mol. The van der Waals surface area contributed by atoms with Crippen LogP contribution in [0.2, 0.25) is 0 Å². The monoisotopic (exact) mass is 392 g/mol. The Labute approximate surface area is 167 Å². The van der Waals surface area contributed by atoms with Gasteiger partial charge in [-0.1, -0.05) is 60.7 Å². The van der Waals surface area contributed by atoms with Gasteiger partial charge in [-0.3, -0.25) is 4.79 Å². The van der Waals surface area contributed by atoms with Crippen LogP contribution in [0.4, 0.5) is 0 Å². The Morgan fingerprint density at radius 2 is 1.71 bits per heavy atom. The van der Waals surface area contributed by atoms with Gasteiger partial charge in [-0.25, -0.2) is 9.78 Å². The van der Waals surface area contributed by atoms with Crippen LogP contribution in [0.15, 0.2) is 60.7 Å². The maximum Gasteiger partial charge on any atom is 0.351 e. The number of thiazole rings is 1. The molecular weight excluding hydrogens is 372 g/mol. The molecule has 0 unspecified atom stereocenters. The first-order valence-electron chi connectivity index (χ1n) is 9.21. The molecular formula is C22H20N2O3S. The van der Waals surface area contributed by atoms with E-state index in [2.05, 4.69) is 10.3 Å². The van der Waals surface area contributed by atoms with Crippen molar-refractivity contribution in [1.82, 2.24) is 10.3 Å². The fourth-order valence-electron chi connectivity index (χ4n) is 2.92. The van der Waals surface area contributed by atoms with Crippen LogP contribution in [0, 0.1) is 6.92 Å². The molecule has 1 aliphatic rings. The Morgan fingerprint density at radius 1 is 1.07 bits per heavy atom. The van der Waals surface area contributed by atoms with E-state index in [0.29, 0.717) is 16.1 Å². The number of aromatic nitrogens is 1. The van der Waals surface area contributed by atoms with Crippen molar-refractivity contribution in [3.63, 3.8) is 0 Å². The molecule has 1 fully saturated rings. The summed E-state index contributed by atoms with van der Waals surface area (Å²) in [7, 11) is 0. The first-order chi connectivity index (χ1) is 13.6. The molecule has 3 aromatic rings. The molecule has 1 atom stereocenters. The van der Waals surface area contributed by atoms with E-state index in [9.17, 15) is 9.59 Å². The van der Waals surface area contributed by atoms with Gasteiger partial charge in [0.05, 0.1) is 10.7 Å². The molecule has 2 aromatic carbocycles. The number of carbonyl (C=O) groups excluding carboxylic acids is 2. The topological polar surface area (TPSA) is 68.3 Å². The summed E-state index contributed by atoms with van der Waals surface area (Å²) in [6.45, 7) is 1.85. The van der Waals surface area contributed by atoms with E-state index in [-0.39, 0.29) is 11.9 Å². The molecule has 1 heterocycles. The van der Waals surface area contributed by atoms with E-state index < -0.39 is 12.1 Å². The van der Waals surface area contributed by atoms with Crippen LogP contribution in [0.5, 0.6) is 0 Å². The van der Waals surface area contributed by atoms with Crippen molar-refractivity contribution in [3.05, 3.63) is 76.1 Å². The van der Waals surface area contributed by atoms with E-state index in [1.807, 2.05) is 55.5 Å². The molecule has 5 nitrogen and oxygen atoms in total. The molecule has 0 bridgehead atoms. The second-order valence-electron chi connectivity index (χ2n) is 6.76. The smallest absolute Gasteiger partial charge is 0.351 e. The molecule has 4 rings (SSSR count). The van der Waals surface area contributed by atoms with Crippen LogP contribution in [0.3, 0.4) is 0 Å². The van der Waals surface area contributed by atoms with E-state index in [1.165, 1.54) is 11.3 Å². The van der Waals surface area contributed by atoms with Gasteiger partial charge in [0.15, 0.2) is 0 Å². The van der Waals surface area contributed by atoms with Gasteiger partial charge in [-0.2, -0.15) is 0 Å². The third-order valence-electron chi connectivity index (χ3n) is 4.46. The molecule has 1 saturated carbocycles. The Hall–Kier alpha value is -2.99. The highest BCUT2D eigenvalue weighted by Crippen LogP contribution is 2.31. The number of carbonyl (C=O) groups is 2. The van der Waals surface area contributed by atoms with Crippen molar-refractivity contribution >= 4 is 23.2 Å². The highest BCUT2D eigenvalue weighted by Gasteiger charge is 2.32. The summed E-state index contributed by atoms with van der Waals surface area (Å²) in [6, 6.07) is 18.8. The lowest BCUT2D eigenvalue weighted by Crippen LogP contribution is -2.33. The fourth-order valence-corrected chi connectivity index (χ4v) is 3.75. The van der Waals surface area contributed by atoms with E-state index in [0.717, 1.165) is 23.4 Å².